The second-order valence-corrected chi connectivity index (χ2v) is 13.7. The van der Waals surface area contributed by atoms with Crippen molar-refractivity contribution >= 4 is 31.1 Å². The van der Waals surface area contributed by atoms with Crippen LogP contribution in [0.1, 0.15) is 19.3 Å². The Hall–Kier alpha value is -2.59. The maximum atomic E-state index is 13.3. The number of aromatic nitrogens is 2. The van der Waals surface area contributed by atoms with E-state index in [-0.39, 0.29) is 29.0 Å². The van der Waals surface area contributed by atoms with E-state index in [4.69, 9.17) is 9.47 Å². The fraction of sp³-hybridized carbons (Fsp3) is 0.480. The molecule has 2 saturated heterocycles. The molecular weight excluding hydrogens is 546 g/mol. The van der Waals surface area contributed by atoms with Crippen LogP contribution in [0.15, 0.2) is 58.6 Å². The quantitative estimate of drug-likeness (QED) is 0.272. The first-order valence-electron chi connectivity index (χ1n) is 12.8. The van der Waals surface area contributed by atoms with Crippen LogP contribution in [-0.4, -0.2) is 93.9 Å². The summed E-state index contributed by atoms with van der Waals surface area (Å²) >= 11 is 0. The number of H-pyrrole nitrogens is 1. The van der Waals surface area contributed by atoms with Gasteiger partial charge in [-0.1, -0.05) is 6.07 Å². The molecule has 2 aliphatic heterocycles. The zero-order valence-corrected chi connectivity index (χ0v) is 23.2. The number of piperidine rings is 1. The lowest BCUT2D eigenvalue weighted by molar-refractivity contribution is -0.0312. The van der Waals surface area contributed by atoms with E-state index in [1.165, 1.54) is 29.7 Å². The predicted molar refractivity (Wildman–Crippen MR) is 143 cm³/mol. The van der Waals surface area contributed by atoms with E-state index in [0.717, 1.165) is 6.42 Å². The Morgan fingerprint density at radius 2 is 2.03 bits per heavy atom. The number of fused-ring (bicyclic) bond motifs is 1. The molecule has 2 aliphatic rings. The minimum absolute atomic E-state index is 0.00898. The molecule has 1 aromatic carbocycles. The number of hydrogen-bond donors (Lipinski definition) is 4. The molecule has 0 radical (unpaired) electrons. The van der Waals surface area contributed by atoms with Crippen LogP contribution in [0.25, 0.3) is 11.0 Å². The number of rotatable bonds is 10. The van der Waals surface area contributed by atoms with Crippen molar-refractivity contribution in [3.05, 3.63) is 48.8 Å². The topological polar surface area (TPSA) is 163 Å². The summed E-state index contributed by atoms with van der Waals surface area (Å²) in [6, 6.07) is 9.57. The molecule has 1 spiro atoms. The Balaban J connectivity index is 1.09. The number of aliphatic hydroxyl groups is 1. The Morgan fingerprint density at radius 3 is 2.79 bits per heavy atom. The van der Waals surface area contributed by atoms with Crippen molar-refractivity contribution in [2.45, 2.75) is 46.8 Å². The van der Waals surface area contributed by atoms with Crippen LogP contribution in [-0.2, 0) is 24.8 Å². The smallest absolute Gasteiger partial charge is 0.245 e. The van der Waals surface area contributed by atoms with E-state index in [9.17, 15) is 21.9 Å². The number of aliphatic hydroxyl groups excluding tert-OH is 1. The molecule has 5 rings (SSSR count). The third-order valence-corrected chi connectivity index (χ3v) is 10.7. The summed E-state index contributed by atoms with van der Waals surface area (Å²) in [7, 11) is -5.91. The second kappa shape index (κ2) is 11.1. The molecule has 2 atom stereocenters. The minimum Gasteiger partial charge on any atom is -0.491 e. The van der Waals surface area contributed by atoms with Gasteiger partial charge in [0.15, 0.2) is 0 Å². The number of aromatic amines is 1. The third kappa shape index (κ3) is 5.96. The summed E-state index contributed by atoms with van der Waals surface area (Å²) in [5, 5.41) is 14.3. The fourth-order valence-corrected chi connectivity index (χ4v) is 7.50. The maximum absolute atomic E-state index is 13.3. The van der Waals surface area contributed by atoms with Gasteiger partial charge in [-0.05, 0) is 50.6 Å². The first-order valence-corrected chi connectivity index (χ1v) is 15.7. The number of nitrogens with one attached hydrogen (secondary N) is 3. The number of hydrogen-bond acceptors (Lipinski definition) is 9. The van der Waals surface area contributed by atoms with Crippen molar-refractivity contribution < 1.29 is 31.4 Å². The first-order chi connectivity index (χ1) is 18.6. The van der Waals surface area contributed by atoms with Crippen molar-refractivity contribution in [1.29, 1.82) is 0 Å². The van der Waals surface area contributed by atoms with Crippen LogP contribution < -0.4 is 14.8 Å². The van der Waals surface area contributed by atoms with E-state index in [1.807, 2.05) is 0 Å². The van der Waals surface area contributed by atoms with E-state index >= 15 is 0 Å². The van der Waals surface area contributed by atoms with Crippen molar-refractivity contribution in [3.63, 3.8) is 0 Å². The largest absolute Gasteiger partial charge is 0.491 e. The number of ether oxygens (including phenoxy) is 2. The van der Waals surface area contributed by atoms with Crippen LogP contribution in [0, 0.1) is 0 Å². The molecule has 39 heavy (non-hydrogen) atoms. The molecular formula is C25H33N5O7S2. The van der Waals surface area contributed by atoms with Gasteiger partial charge in [-0.25, -0.2) is 26.5 Å². The standard InChI is InChI=1S/C25H33N5O7S2/c1-26-38(32,33)21-5-2-4-20(12-21)36-17-19(31)14-28-18-13-25(37-16-18)7-10-30(11-8-25)39(34,35)23-15-29-24-22(23)6-3-9-27-24/h2-6,9,12,15,18-19,26,28,31H,7-8,10-11,13-14,16-17H2,1H3,(H,27,29). The number of benzene rings is 1. The summed E-state index contributed by atoms with van der Waals surface area (Å²) < 4.78 is 66.1. The molecule has 2 fully saturated rings. The summed E-state index contributed by atoms with van der Waals surface area (Å²) in [6.45, 7) is 1.46. The van der Waals surface area contributed by atoms with Gasteiger partial charge in [0, 0.05) is 49.5 Å². The molecule has 3 aromatic rings. The molecule has 0 saturated carbocycles. The van der Waals surface area contributed by atoms with Gasteiger partial charge >= 0.3 is 0 Å². The number of pyridine rings is 1. The molecule has 212 valence electrons. The molecule has 14 heteroatoms. The predicted octanol–water partition coefficient (Wildman–Crippen LogP) is 0.813. The van der Waals surface area contributed by atoms with E-state index in [1.54, 1.807) is 30.5 Å². The van der Waals surface area contributed by atoms with Crippen LogP contribution >= 0.6 is 0 Å². The average molecular weight is 580 g/mol. The maximum Gasteiger partial charge on any atom is 0.245 e. The third-order valence-electron chi connectivity index (χ3n) is 7.34. The van der Waals surface area contributed by atoms with Gasteiger partial charge in [-0.15, -0.1) is 0 Å². The van der Waals surface area contributed by atoms with Crippen LogP contribution in [0.5, 0.6) is 5.75 Å². The zero-order valence-electron chi connectivity index (χ0n) is 21.5. The molecule has 4 heterocycles. The highest BCUT2D eigenvalue weighted by atomic mass is 32.2. The zero-order chi connectivity index (χ0) is 27.7. The van der Waals surface area contributed by atoms with Crippen molar-refractivity contribution in [3.8, 4) is 5.75 Å². The highest BCUT2D eigenvalue weighted by Crippen LogP contribution is 2.38. The van der Waals surface area contributed by atoms with Gasteiger partial charge in [0.2, 0.25) is 20.0 Å². The second-order valence-electron chi connectivity index (χ2n) is 9.91. The van der Waals surface area contributed by atoms with Crippen LogP contribution in [0.4, 0.5) is 0 Å². The minimum atomic E-state index is -3.66. The Labute approximate surface area is 227 Å². The SMILES string of the molecule is CNS(=O)(=O)c1cccc(OCC(O)CNC2COC3(CCN(S(=O)(=O)c4c[nH]c5ncccc45)CC3)C2)c1. The number of sulfonamides is 2. The van der Waals surface area contributed by atoms with Crippen molar-refractivity contribution in [2.75, 3.05) is 39.9 Å². The molecule has 0 bridgehead atoms. The molecule has 2 aromatic heterocycles. The Kier molecular flexibility index (Phi) is 7.97. The molecule has 0 aliphatic carbocycles. The first kappa shape index (κ1) is 28.0. The van der Waals surface area contributed by atoms with E-state index in [2.05, 4.69) is 20.0 Å². The lowest BCUT2D eigenvalue weighted by Crippen LogP contribution is -2.47. The molecule has 4 N–H and O–H groups in total. The van der Waals surface area contributed by atoms with Crippen molar-refractivity contribution in [2.24, 2.45) is 0 Å². The highest BCUT2D eigenvalue weighted by Gasteiger charge is 2.45. The summed E-state index contributed by atoms with van der Waals surface area (Å²) in [6.07, 6.45) is 4.19. The number of nitrogens with zero attached hydrogens (tertiary/aromatic N) is 2. The summed E-state index contributed by atoms with van der Waals surface area (Å²) in [4.78, 5) is 7.44. The molecule has 12 nitrogen and oxygen atoms in total. The van der Waals surface area contributed by atoms with Gasteiger partial charge in [-0.2, -0.15) is 4.31 Å². The molecule has 0 amide bonds. The average Bonchev–Trinajstić information content (AvgIpc) is 3.56. The van der Waals surface area contributed by atoms with Crippen molar-refractivity contribution in [1.82, 2.24) is 24.3 Å². The van der Waals surface area contributed by atoms with Gasteiger partial charge in [0.1, 0.15) is 29.0 Å². The van der Waals surface area contributed by atoms with Gasteiger partial charge < -0.3 is 24.9 Å². The van der Waals surface area contributed by atoms with Gasteiger partial charge in [-0.3, -0.25) is 0 Å². The van der Waals surface area contributed by atoms with Crippen LogP contribution in [0.3, 0.4) is 0 Å². The Morgan fingerprint density at radius 1 is 1.23 bits per heavy atom. The fourth-order valence-electron chi connectivity index (χ4n) is 5.14. The summed E-state index contributed by atoms with van der Waals surface area (Å²) in [5.41, 5.74) is 0.145. The lowest BCUT2D eigenvalue weighted by Gasteiger charge is -2.37. The van der Waals surface area contributed by atoms with E-state index < -0.39 is 31.8 Å². The lowest BCUT2D eigenvalue weighted by atomic mass is 9.88. The molecule has 2 unspecified atom stereocenters. The summed E-state index contributed by atoms with van der Waals surface area (Å²) in [5.74, 6) is 0.346. The van der Waals surface area contributed by atoms with Gasteiger partial charge in [0.05, 0.1) is 17.1 Å². The van der Waals surface area contributed by atoms with E-state index in [0.29, 0.717) is 49.3 Å². The highest BCUT2D eigenvalue weighted by molar-refractivity contribution is 7.89. The van der Waals surface area contributed by atoms with Gasteiger partial charge in [0.25, 0.3) is 0 Å². The van der Waals surface area contributed by atoms with Crippen LogP contribution in [0.2, 0.25) is 0 Å². The monoisotopic (exact) mass is 579 g/mol. The Bertz CT molecular complexity index is 1520. The normalized spacial score (nSPS) is 20.9.